The quantitative estimate of drug-likeness (QED) is 0.753. The van der Waals surface area contributed by atoms with Gasteiger partial charge in [-0.1, -0.05) is 39.0 Å². The maximum Gasteiger partial charge on any atom is 0.318 e. The summed E-state index contributed by atoms with van der Waals surface area (Å²) < 4.78 is 30.8. The number of hydrogen-bond donors (Lipinski definition) is 0. The topological polar surface area (TPSA) is 80.8 Å². The molecule has 0 saturated heterocycles. The number of hydroxylamine groups is 2. The van der Waals surface area contributed by atoms with Crippen molar-refractivity contribution in [2.45, 2.75) is 44.9 Å². The van der Waals surface area contributed by atoms with Crippen molar-refractivity contribution < 1.29 is 22.3 Å². The van der Waals surface area contributed by atoms with Crippen LogP contribution in [0.1, 0.15) is 58.2 Å². The summed E-state index contributed by atoms with van der Waals surface area (Å²) in [5.41, 5.74) is 2.07. The van der Waals surface area contributed by atoms with E-state index in [0.717, 1.165) is 11.1 Å². The van der Waals surface area contributed by atoms with Crippen LogP contribution < -0.4 is 0 Å². The average molecular weight is 387 g/mol. The number of nitrogens with zero attached hydrogens (tertiary/aromatic N) is 1. The van der Waals surface area contributed by atoms with Gasteiger partial charge in [-0.25, -0.2) is 0 Å². The van der Waals surface area contributed by atoms with Crippen molar-refractivity contribution in [3.8, 4) is 0 Å². The molecule has 0 N–H and O–H groups in total. The van der Waals surface area contributed by atoms with E-state index >= 15 is 0 Å². The molecule has 0 spiro atoms. The number of benzene rings is 2. The Morgan fingerprint density at radius 2 is 1.44 bits per heavy atom. The highest BCUT2D eigenvalue weighted by atomic mass is 32.2. The first-order valence-electron chi connectivity index (χ1n) is 8.47. The second kappa shape index (κ2) is 6.28. The molecule has 0 unspecified atom stereocenters. The zero-order valence-corrected chi connectivity index (χ0v) is 16.7. The van der Waals surface area contributed by atoms with E-state index in [1.54, 1.807) is 19.1 Å². The Balaban J connectivity index is 2.03. The molecule has 2 aromatic rings. The van der Waals surface area contributed by atoms with E-state index in [1.807, 2.05) is 33.8 Å². The van der Waals surface area contributed by atoms with E-state index < -0.39 is 21.9 Å². The van der Waals surface area contributed by atoms with Crippen LogP contribution in [0.5, 0.6) is 0 Å². The van der Waals surface area contributed by atoms with Crippen LogP contribution >= 0.6 is 0 Å². The largest absolute Gasteiger partial charge is 0.318 e. The number of carbonyl (C=O) groups excluding carboxylic acids is 2. The van der Waals surface area contributed by atoms with Gasteiger partial charge >= 0.3 is 10.1 Å². The van der Waals surface area contributed by atoms with E-state index in [2.05, 4.69) is 0 Å². The second-order valence-electron chi connectivity index (χ2n) is 7.65. The number of hydrogen-bond acceptors (Lipinski definition) is 5. The molecular formula is C20H21NO5S. The molecule has 0 bridgehead atoms. The fourth-order valence-electron chi connectivity index (χ4n) is 2.89. The first-order chi connectivity index (χ1) is 12.4. The number of rotatable bonds is 3. The molecule has 0 fully saturated rings. The lowest BCUT2D eigenvalue weighted by Gasteiger charge is -2.22. The molecule has 1 aliphatic rings. The second-order valence-corrected chi connectivity index (χ2v) is 9.14. The third kappa shape index (κ3) is 3.28. The van der Waals surface area contributed by atoms with E-state index in [4.69, 9.17) is 4.28 Å². The Kier molecular flexibility index (Phi) is 4.48. The van der Waals surface area contributed by atoms with Gasteiger partial charge in [-0.15, -0.1) is 9.35 Å². The van der Waals surface area contributed by atoms with Crippen LogP contribution in [-0.2, 0) is 19.8 Å². The van der Waals surface area contributed by atoms with Crippen molar-refractivity contribution in [3.05, 3.63) is 64.2 Å². The summed E-state index contributed by atoms with van der Waals surface area (Å²) in [6.45, 7) is 9.39. The van der Waals surface area contributed by atoms with Crippen LogP contribution in [-0.4, -0.2) is 25.3 Å². The van der Waals surface area contributed by atoms with E-state index in [9.17, 15) is 18.0 Å². The summed E-state index contributed by atoms with van der Waals surface area (Å²) in [6.07, 6.45) is 0. The molecule has 0 atom stereocenters. The highest BCUT2D eigenvalue weighted by Crippen LogP contribution is 2.31. The lowest BCUT2D eigenvalue weighted by molar-refractivity contribution is -0.0104. The van der Waals surface area contributed by atoms with Crippen molar-refractivity contribution in [1.29, 1.82) is 0 Å². The van der Waals surface area contributed by atoms with Gasteiger partial charge in [0.05, 0.1) is 16.0 Å². The summed E-state index contributed by atoms with van der Waals surface area (Å²) in [6, 6.07) is 9.58. The molecule has 7 heteroatoms. The number of imide groups is 1. The minimum atomic E-state index is -4.38. The summed E-state index contributed by atoms with van der Waals surface area (Å²) in [4.78, 5) is 24.8. The molecule has 1 heterocycles. The monoisotopic (exact) mass is 387 g/mol. The first-order valence-corrected chi connectivity index (χ1v) is 9.88. The predicted octanol–water partition coefficient (Wildman–Crippen LogP) is 3.52. The van der Waals surface area contributed by atoms with Crippen molar-refractivity contribution in [3.63, 3.8) is 0 Å². The molecule has 0 saturated carbocycles. The zero-order chi connectivity index (χ0) is 20.1. The minimum Gasteiger partial charge on any atom is -0.266 e. The predicted molar refractivity (Wildman–Crippen MR) is 99.8 cm³/mol. The van der Waals surface area contributed by atoms with Crippen LogP contribution in [0.2, 0.25) is 0 Å². The fourth-order valence-corrected chi connectivity index (χ4v) is 4.11. The minimum absolute atomic E-state index is 0.0519. The Bertz CT molecular complexity index is 1030. The van der Waals surface area contributed by atoms with E-state index in [0.29, 0.717) is 10.6 Å². The van der Waals surface area contributed by atoms with Gasteiger partial charge in [0.25, 0.3) is 11.8 Å². The molecule has 2 amide bonds. The maximum atomic E-state index is 12.9. The molecule has 3 rings (SSSR count). The van der Waals surface area contributed by atoms with Gasteiger partial charge in [0.15, 0.2) is 0 Å². The molecule has 2 aromatic carbocycles. The number of amides is 2. The van der Waals surface area contributed by atoms with Crippen LogP contribution in [0, 0.1) is 13.8 Å². The molecule has 1 aliphatic heterocycles. The molecular weight excluding hydrogens is 366 g/mol. The van der Waals surface area contributed by atoms with Crippen LogP contribution in [0.3, 0.4) is 0 Å². The highest BCUT2D eigenvalue weighted by Gasteiger charge is 2.40. The summed E-state index contributed by atoms with van der Waals surface area (Å²) in [5.74, 6) is -1.58. The summed E-state index contributed by atoms with van der Waals surface area (Å²) >= 11 is 0. The van der Waals surface area contributed by atoms with Crippen molar-refractivity contribution in [2.75, 3.05) is 0 Å². The zero-order valence-electron chi connectivity index (χ0n) is 15.9. The smallest absolute Gasteiger partial charge is 0.266 e. The molecule has 142 valence electrons. The number of fused-ring (bicyclic) bond motifs is 1. The van der Waals surface area contributed by atoms with Gasteiger partial charge < -0.3 is 0 Å². The lowest BCUT2D eigenvalue weighted by Crippen LogP contribution is -2.33. The first kappa shape index (κ1) is 19.3. The Morgan fingerprint density at radius 3 is 1.93 bits per heavy atom. The fraction of sp³-hybridized carbons (Fsp3) is 0.300. The normalized spacial score (nSPS) is 14.6. The molecule has 0 radical (unpaired) electrons. The van der Waals surface area contributed by atoms with Crippen molar-refractivity contribution in [2.24, 2.45) is 0 Å². The standard InChI is InChI=1S/C20H21NO5S/c1-12-10-14(20(3,4)5)11-17(13(12)2)27(24,25)26-21-18(22)15-8-6-7-9-16(15)19(21)23/h6-11H,1-5H3. The maximum absolute atomic E-state index is 12.9. The van der Waals surface area contributed by atoms with Crippen molar-refractivity contribution >= 4 is 21.9 Å². The molecule has 0 aromatic heterocycles. The molecule has 27 heavy (non-hydrogen) atoms. The highest BCUT2D eigenvalue weighted by molar-refractivity contribution is 7.86. The summed E-state index contributed by atoms with van der Waals surface area (Å²) in [7, 11) is -4.38. The Labute approximate surface area is 158 Å². The van der Waals surface area contributed by atoms with Crippen molar-refractivity contribution in [1.82, 2.24) is 5.06 Å². The van der Waals surface area contributed by atoms with Gasteiger partial charge in [0, 0.05) is 0 Å². The Morgan fingerprint density at radius 1 is 0.926 bits per heavy atom. The Hall–Kier alpha value is -2.51. The lowest BCUT2D eigenvalue weighted by atomic mass is 9.85. The van der Waals surface area contributed by atoms with Crippen LogP contribution in [0.4, 0.5) is 0 Å². The van der Waals surface area contributed by atoms with Gasteiger partial charge in [-0.2, -0.15) is 8.42 Å². The van der Waals surface area contributed by atoms with Gasteiger partial charge in [0.1, 0.15) is 0 Å². The molecule has 0 aliphatic carbocycles. The molecule has 6 nitrogen and oxygen atoms in total. The third-order valence-electron chi connectivity index (χ3n) is 4.68. The van der Waals surface area contributed by atoms with Crippen LogP contribution in [0.25, 0.3) is 0 Å². The summed E-state index contributed by atoms with van der Waals surface area (Å²) in [5, 5.41) is 0.318. The number of aryl methyl sites for hydroxylation is 1. The number of carbonyl (C=O) groups is 2. The van der Waals surface area contributed by atoms with Gasteiger partial charge in [-0.05, 0) is 54.2 Å². The van der Waals surface area contributed by atoms with Crippen LogP contribution in [0.15, 0.2) is 41.3 Å². The third-order valence-corrected chi connectivity index (χ3v) is 5.99. The van der Waals surface area contributed by atoms with Gasteiger partial charge in [0.2, 0.25) is 0 Å². The average Bonchev–Trinajstić information content (AvgIpc) is 2.81. The van der Waals surface area contributed by atoms with E-state index in [-0.39, 0.29) is 21.4 Å². The SMILES string of the molecule is Cc1cc(C(C)(C)C)cc(S(=O)(=O)ON2C(=O)c3ccccc3C2=O)c1C. The van der Waals surface area contributed by atoms with Gasteiger partial charge in [-0.3, -0.25) is 9.59 Å². The van der Waals surface area contributed by atoms with E-state index in [1.165, 1.54) is 18.2 Å².